The molecule has 14 heavy (non-hydrogen) atoms. The van der Waals surface area contributed by atoms with Gasteiger partial charge in [0, 0.05) is 12.0 Å². The zero-order valence-corrected chi connectivity index (χ0v) is 10.3. The van der Waals surface area contributed by atoms with Gasteiger partial charge in [-0.3, -0.25) is 4.79 Å². The van der Waals surface area contributed by atoms with Crippen LogP contribution in [0, 0.1) is 5.92 Å². The van der Waals surface area contributed by atoms with Crippen molar-refractivity contribution in [2.24, 2.45) is 5.92 Å². The largest absolute Gasteiger partial charge is 0.351 e. The Kier molecular flexibility index (Phi) is 5.82. The zero-order valence-electron chi connectivity index (χ0n) is 10.3. The van der Waals surface area contributed by atoms with E-state index in [1.807, 2.05) is 0 Å². The van der Waals surface area contributed by atoms with Crippen molar-refractivity contribution in [2.75, 3.05) is 0 Å². The predicted octanol–water partition coefficient (Wildman–Crippen LogP) is 3.12. The van der Waals surface area contributed by atoms with Crippen molar-refractivity contribution in [3.63, 3.8) is 0 Å². The molecule has 1 amide bonds. The van der Waals surface area contributed by atoms with E-state index in [-0.39, 0.29) is 11.4 Å². The molecule has 0 rings (SSSR count). The Morgan fingerprint density at radius 3 is 2.29 bits per heavy atom. The lowest BCUT2D eigenvalue weighted by atomic mass is 9.92. The van der Waals surface area contributed by atoms with Gasteiger partial charge < -0.3 is 5.32 Å². The van der Waals surface area contributed by atoms with Crippen molar-refractivity contribution in [3.05, 3.63) is 0 Å². The molecule has 0 aliphatic carbocycles. The molecule has 1 N–H and O–H groups in total. The molecule has 0 aromatic heterocycles. The van der Waals surface area contributed by atoms with Crippen LogP contribution in [0.2, 0.25) is 0 Å². The standard InChI is InChI=1S/C12H25NO/c1-6-8-12(5,7-2)13-11(14)9-10(3)4/h10H,6-9H2,1-5H3,(H,13,14). The zero-order chi connectivity index (χ0) is 11.2. The first-order chi connectivity index (χ1) is 6.43. The van der Waals surface area contributed by atoms with E-state index < -0.39 is 0 Å². The topological polar surface area (TPSA) is 29.1 Å². The number of hydrogen-bond donors (Lipinski definition) is 1. The quantitative estimate of drug-likeness (QED) is 0.699. The Balaban J connectivity index is 4.10. The van der Waals surface area contributed by atoms with Crippen molar-refractivity contribution in [1.82, 2.24) is 5.32 Å². The predicted molar refractivity (Wildman–Crippen MR) is 61.2 cm³/mol. The van der Waals surface area contributed by atoms with Crippen LogP contribution in [0.15, 0.2) is 0 Å². The molecule has 0 aliphatic heterocycles. The van der Waals surface area contributed by atoms with Crippen LogP contribution in [0.4, 0.5) is 0 Å². The minimum Gasteiger partial charge on any atom is -0.351 e. The summed E-state index contributed by atoms with van der Waals surface area (Å²) in [5.74, 6) is 0.635. The van der Waals surface area contributed by atoms with Crippen LogP contribution in [0.1, 0.15) is 60.3 Å². The number of hydrogen-bond acceptors (Lipinski definition) is 1. The lowest BCUT2D eigenvalue weighted by Crippen LogP contribution is -2.45. The van der Waals surface area contributed by atoms with Crippen molar-refractivity contribution in [1.29, 1.82) is 0 Å². The van der Waals surface area contributed by atoms with E-state index in [4.69, 9.17) is 0 Å². The Hall–Kier alpha value is -0.530. The van der Waals surface area contributed by atoms with Crippen LogP contribution in [-0.4, -0.2) is 11.4 Å². The molecule has 0 spiro atoms. The highest BCUT2D eigenvalue weighted by atomic mass is 16.1. The minimum absolute atomic E-state index is 0.000718. The summed E-state index contributed by atoms with van der Waals surface area (Å²) in [4.78, 5) is 11.6. The molecule has 2 nitrogen and oxygen atoms in total. The molecule has 0 bridgehead atoms. The van der Waals surface area contributed by atoms with E-state index in [0.717, 1.165) is 19.3 Å². The average Bonchev–Trinajstić information content (AvgIpc) is 2.02. The van der Waals surface area contributed by atoms with Crippen molar-refractivity contribution in [2.45, 2.75) is 65.8 Å². The highest BCUT2D eigenvalue weighted by Crippen LogP contribution is 2.17. The van der Waals surface area contributed by atoms with Gasteiger partial charge in [0.25, 0.3) is 0 Å². The molecule has 0 saturated heterocycles. The molecule has 0 aliphatic rings. The second-order valence-electron chi connectivity index (χ2n) is 4.81. The summed E-state index contributed by atoms with van der Waals surface area (Å²) in [6.07, 6.45) is 3.82. The Morgan fingerprint density at radius 1 is 1.36 bits per heavy atom. The molecule has 0 aromatic carbocycles. The van der Waals surface area contributed by atoms with Gasteiger partial charge in [-0.1, -0.05) is 34.1 Å². The van der Waals surface area contributed by atoms with E-state index in [2.05, 4.69) is 39.9 Å². The third-order valence-electron chi connectivity index (χ3n) is 2.62. The van der Waals surface area contributed by atoms with Gasteiger partial charge in [0.2, 0.25) is 5.91 Å². The van der Waals surface area contributed by atoms with Crippen LogP contribution in [0.3, 0.4) is 0 Å². The smallest absolute Gasteiger partial charge is 0.220 e. The number of carbonyl (C=O) groups is 1. The summed E-state index contributed by atoms with van der Waals surface area (Å²) in [7, 11) is 0. The average molecular weight is 199 g/mol. The first-order valence-electron chi connectivity index (χ1n) is 5.74. The fraction of sp³-hybridized carbons (Fsp3) is 0.917. The van der Waals surface area contributed by atoms with Crippen LogP contribution in [0.25, 0.3) is 0 Å². The molecule has 0 aromatic rings. The van der Waals surface area contributed by atoms with Crippen LogP contribution >= 0.6 is 0 Å². The summed E-state index contributed by atoms with van der Waals surface area (Å²) in [6.45, 7) is 10.6. The number of nitrogens with one attached hydrogen (secondary N) is 1. The fourth-order valence-corrected chi connectivity index (χ4v) is 1.64. The fourth-order valence-electron chi connectivity index (χ4n) is 1.64. The van der Waals surface area contributed by atoms with Gasteiger partial charge in [-0.15, -0.1) is 0 Å². The lowest BCUT2D eigenvalue weighted by molar-refractivity contribution is -0.123. The highest BCUT2D eigenvalue weighted by Gasteiger charge is 2.22. The third-order valence-corrected chi connectivity index (χ3v) is 2.62. The van der Waals surface area contributed by atoms with Crippen molar-refractivity contribution < 1.29 is 4.79 Å². The van der Waals surface area contributed by atoms with E-state index in [1.54, 1.807) is 0 Å². The Bertz CT molecular complexity index is 177. The molecule has 0 heterocycles. The molecular weight excluding hydrogens is 174 g/mol. The second-order valence-corrected chi connectivity index (χ2v) is 4.81. The second kappa shape index (κ2) is 6.05. The summed E-state index contributed by atoms with van der Waals surface area (Å²) in [6, 6.07) is 0. The first-order valence-corrected chi connectivity index (χ1v) is 5.74. The summed E-state index contributed by atoms with van der Waals surface area (Å²) >= 11 is 0. The van der Waals surface area contributed by atoms with Gasteiger partial charge in [-0.25, -0.2) is 0 Å². The third kappa shape index (κ3) is 5.25. The maximum Gasteiger partial charge on any atom is 0.220 e. The van der Waals surface area contributed by atoms with Gasteiger partial charge in [0.05, 0.1) is 0 Å². The molecular formula is C12H25NO. The van der Waals surface area contributed by atoms with Gasteiger partial charge in [0.15, 0.2) is 0 Å². The Labute approximate surface area is 88.5 Å². The summed E-state index contributed by atoms with van der Waals surface area (Å²) < 4.78 is 0. The maximum absolute atomic E-state index is 11.6. The van der Waals surface area contributed by atoms with E-state index in [1.165, 1.54) is 0 Å². The molecule has 1 unspecified atom stereocenters. The van der Waals surface area contributed by atoms with E-state index >= 15 is 0 Å². The molecule has 2 heteroatoms. The summed E-state index contributed by atoms with van der Waals surface area (Å²) in [5.41, 5.74) is 0.000718. The van der Waals surface area contributed by atoms with Crippen molar-refractivity contribution >= 4 is 5.91 Å². The van der Waals surface area contributed by atoms with Crippen molar-refractivity contribution in [3.8, 4) is 0 Å². The summed E-state index contributed by atoms with van der Waals surface area (Å²) in [5, 5.41) is 3.14. The number of carbonyl (C=O) groups excluding carboxylic acids is 1. The van der Waals surface area contributed by atoms with Crippen LogP contribution in [0.5, 0.6) is 0 Å². The Morgan fingerprint density at radius 2 is 1.93 bits per heavy atom. The van der Waals surface area contributed by atoms with Gasteiger partial charge in [-0.05, 0) is 25.7 Å². The molecule has 84 valence electrons. The monoisotopic (exact) mass is 199 g/mol. The highest BCUT2D eigenvalue weighted by molar-refractivity contribution is 5.76. The number of amides is 1. The molecule has 1 atom stereocenters. The van der Waals surface area contributed by atoms with Crippen LogP contribution < -0.4 is 5.32 Å². The van der Waals surface area contributed by atoms with Gasteiger partial charge in [0.1, 0.15) is 0 Å². The number of rotatable bonds is 6. The maximum atomic E-state index is 11.6. The SMILES string of the molecule is CCCC(C)(CC)NC(=O)CC(C)C. The van der Waals surface area contributed by atoms with E-state index in [9.17, 15) is 4.79 Å². The first kappa shape index (κ1) is 13.5. The molecule has 0 saturated carbocycles. The molecule has 0 radical (unpaired) electrons. The van der Waals surface area contributed by atoms with Gasteiger partial charge >= 0.3 is 0 Å². The van der Waals surface area contributed by atoms with E-state index in [0.29, 0.717) is 12.3 Å². The van der Waals surface area contributed by atoms with Gasteiger partial charge in [-0.2, -0.15) is 0 Å². The van der Waals surface area contributed by atoms with Crippen LogP contribution in [-0.2, 0) is 4.79 Å². The molecule has 0 fully saturated rings. The minimum atomic E-state index is 0.000718. The normalized spacial score (nSPS) is 15.3. The lowest BCUT2D eigenvalue weighted by Gasteiger charge is -2.29.